The van der Waals surface area contributed by atoms with E-state index in [1.165, 1.54) is 140 Å². The van der Waals surface area contributed by atoms with Gasteiger partial charge in [0, 0.05) is 0 Å². The van der Waals surface area contributed by atoms with E-state index in [4.69, 9.17) is 11.2 Å². The molecule has 0 radical (unpaired) electrons. The normalized spacial score (nSPS) is 13.5. The van der Waals surface area contributed by atoms with Crippen LogP contribution >= 0.6 is 17.2 Å². The minimum atomic E-state index is -1.83. The molecule has 0 heterocycles. The fourth-order valence-corrected chi connectivity index (χ4v) is 8.22. The molecule has 28 heavy (non-hydrogen) atoms. The Labute approximate surface area is 185 Å². The number of rotatable bonds is 22. The van der Waals surface area contributed by atoms with Crippen LogP contribution in [0.2, 0.25) is 0 Å². The zero-order valence-electron chi connectivity index (χ0n) is 20.4. The SMILES string of the molecule is CCCCCCCCCCCCCCCCCCCCP(Cl)(CC)(CC)CC. The van der Waals surface area contributed by atoms with Gasteiger partial charge in [-0.3, -0.25) is 0 Å². The fraction of sp³-hybridized carbons (Fsp3) is 1.00. The van der Waals surface area contributed by atoms with Crippen molar-refractivity contribution in [3.05, 3.63) is 0 Å². The van der Waals surface area contributed by atoms with Crippen LogP contribution in [0, 0.1) is 0 Å². The average Bonchev–Trinajstić information content (AvgIpc) is 2.73. The van der Waals surface area contributed by atoms with Gasteiger partial charge in [0.2, 0.25) is 0 Å². The van der Waals surface area contributed by atoms with Crippen molar-refractivity contribution >= 4 is 17.2 Å². The monoisotopic (exact) mass is 434 g/mol. The predicted octanol–water partition coefficient (Wildman–Crippen LogP) is 10.8. The predicted molar refractivity (Wildman–Crippen MR) is 138 cm³/mol. The summed E-state index contributed by atoms with van der Waals surface area (Å²) in [6, 6.07) is 0. The van der Waals surface area contributed by atoms with Crippen molar-refractivity contribution in [1.82, 2.24) is 0 Å². The van der Waals surface area contributed by atoms with Gasteiger partial charge in [0.15, 0.2) is 0 Å². The summed E-state index contributed by atoms with van der Waals surface area (Å²) in [7, 11) is 0. The van der Waals surface area contributed by atoms with Gasteiger partial charge >= 0.3 is 133 Å². The summed E-state index contributed by atoms with van der Waals surface area (Å²) in [5.74, 6) is -1.83. The molecule has 0 aliphatic heterocycles. The minimum absolute atomic E-state index is 1.24. The van der Waals surface area contributed by atoms with Crippen LogP contribution in [-0.4, -0.2) is 24.6 Å². The molecular weight excluding hydrogens is 379 g/mol. The quantitative estimate of drug-likeness (QED) is 0.117. The molecule has 0 aromatic carbocycles. The van der Waals surface area contributed by atoms with Crippen LogP contribution in [0.25, 0.3) is 0 Å². The molecule has 0 amide bonds. The van der Waals surface area contributed by atoms with Crippen LogP contribution in [0.15, 0.2) is 0 Å². The number of hydrogen-bond donors (Lipinski definition) is 0. The first-order chi connectivity index (χ1) is 13.5. The Kier molecular flexibility index (Phi) is 19.0. The van der Waals surface area contributed by atoms with Crippen molar-refractivity contribution in [3.8, 4) is 0 Å². The van der Waals surface area contributed by atoms with E-state index >= 15 is 0 Å². The summed E-state index contributed by atoms with van der Waals surface area (Å²) >= 11 is 7.16. The molecule has 0 saturated carbocycles. The number of hydrogen-bond acceptors (Lipinski definition) is 0. The maximum absolute atomic E-state index is 7.16. The summed E-state index contributed by atoms with van der Waals surface area (Å²) in [5, 5.41) is 0. The first kappa shape index (κ1) is 28.7. The molecule has 0 aliphatic rings. The molecule has 0 aromatic rings. The molecule has 0 aliphatic carbocycles. The van der Waals surface area contributed by atoms with Gasteiger partial charge in [-0.05, 0) is 0 Å². The van der Waals surface area contributed by atoms with E-state index in [1.807, 2.05) is 0 Å². The van der Waals surface area contributed by atoms with Gasteiger partial charge in [-0.1, -0.05) is 51.9 Å². The number of unbranched alkanes of at least 4 members (excludes halogenated alkanes) is 17. The Morgan fingerprint density at radius 3 is 0.893 bits per heavy atom. The summed E-state index contributed by atoms with van der Waals surface area (Å²) in [6.07, 6.45) is 31.1. The van der Waals surface area contributed by atoms with Gasteiger partial charge in [-0.25, -0.2) is 0 Å². The van der Waals surface area contributed by atoms with Crippen molar-refractivity contribution < 1.29 is 0 Å². The van der Waals surface area contributed by atoms with Crippen molar-refractivity contribution in [1.29, 1.82) is 0 Å². The summed E-state index contributed by atoms with van der Waals surface area (Å²) in [5.41, 5.74) is 0. The van der Waals surface area contributed by atoms with Gasteiger partial charge in [-0.2, -0.15) is 0 Å². The molecule has 0 atom stereocenters. The fourth-order valence-electron chi connectivity index (χ4n) is 4.55. The van der Waals surface area contributed by atoms with E-state index in [1.54, 1.807) is 0 Å². The Hall–Kier alpha value is 0.720. The van der Waals surface area contributed by atoms with E-state index in [2.05, 4.69) is 27.7 Å². The molecule has 0 unspecified atom stereocenters. The molecule has 0 spiro atoms. The van der Waals surface area contributed by atoms with Crippen LogP contribution < -0.4 is 0 Å². The third-order valence-electron chi connectivity index (χ3n) is 7.44. The van der Waals surface area contributed by atoms with Crippen LogP contribution in [0.3, 0.4) is 0 Å². The molecular formula is C26H56ClP. The van der Waals surface area contributed by atoms with E-state index in [0.717, 1.165) is 0 Å². The van der Waals surface area contributed by atoms with Gasteiger partial charge in [0.25, 0.3) is 0 Å². The third-order valence-corrected chi connectivity index (χ3v) is 16.3. The number of halogens is 1. The second-order valence-corrected chi connectivity index (χ2v) is 18.4. The standard InChI is InChI=1S/C26H56ClP/c1-5-9-10-11-12-13-14-15-16-17-18-19-20-21-22-23-24-25-26-28(27,6-2,7-3)8-4/h5-26H2,1-4H3. The molecule has 0 bridgehead atoms. The van der Waals surface area contributed by atoms with E-state index in [0.29, 0.717) is 0 Å². The summed E-state index contributed by atoms with van der Waals surface area (Å²) < 4.78 is 0. The summed E-state index contributed by atoms with van der Waals surface area (Å²) in [6.45, 7) is 9.28. The zero-order chi connectivity index (χ0) is 21.0. The van der Waals surface area contributed by atoms with Crippen LogP contribution in [0.1, 0.15) is 143 Å². The van der Waals surface area contributed by atoms with Crippen molar-refractivity contribution in [2.24, 2.45) is 0 Å². The molecule has 0 rings (SSSR count). The molecule has 2 heteroatoms. The van der Waals surface area contributed by atoms with Crippen LogP contribution in [0.4, 0.5) is 0 Å². The van der Waals surface area contributed by atoms with E-state index in [-0.39, 0.29) is 0 Å². The molecule has 0 aromatic heterocycles. The second-order valence-electron chi connectivity index (χ2n) is 9.50. The maximum atomic E-state index is 7.16. The first-order valence-electron chi connectivity index (χ1n) is 13.3. The Morgan fingerprint density at radius 2 is 0.643 bits per heavy atom. The molecule has 0 nitrogen and oxygen atoms in total. The van der Waals surface area contributed by atoms with Crippen molar-refractivity contribution in [2.45, 2.75) is 143 Å². The van der Waals surface area contributed by atoms with E-state index in [9.17, 15) is 0 Å². The molecule has 172 valence electrons. The molecule has 0 N–H and O–H groups in total. The first-order valence-corrected chi connectivity index (χ1v) is 17.1. The van der Waals surface area contributed by atoms with Crippen molar-refractivity contribution in [3.63, 3.8) is 0 Å². The molecule has 0 fully saturated rings. The van der Waals surface area contributed by atoms with Gasteiger partial charge in [0.1, 0.15) is 0 Å². The second kappa shape index (κ2) is 18.5. The zero-order valence-corrected chi connectivity index (χ0v) is 22.0. The van der Waals surface area contributed by atoms with Crippen molar-refractivity contribution in [2.75, 3.05) is 24.6 Å². The van der Waals surface area contributed by atoms with Gasteiger partial charge in [-0.15, -0.1) is 0 Å². The topological polar surface area (TPSA) is 0 Å². The Balaban J connectivity index is 3.30. The van der Waals surface area contributed by atoms with Crippen LogP contribution in [-0.2, 0) is 0 Å². The van der Waals surface area contributed by atoms with Gasteiger partial charge in [0.05, 0.1) is 0 Å². The molecule has 0 saturated heterocycles. The third kappa shape index (κ3) is 14.7. The summed E-state index contributed by atoms with van der Waals surface area (Å²) in [4.78, 5) is 0. The van der Waals surface area contributed by atoms with E-state index < -0.39 is 5.96 Å². The Morgan fingerprint density at radius 1 is 0.393 bits per heavy atom. The van der Waals surface area contributed by atoms with Gasteiger partial charge < -0.3 is 0 Å². The average molecular weight is 435 g/mol. The van der Waals surface area contributed by atoms with Crippen LogP contribution in [0.5, 0.6) is 0 Å². The Bertz CT molecular complexity index is 313.